The van der Waals surface area contributed by atoms with Gasteiger partial charge in [0.15, 0.2) is 0 Å². The lowest BCUT2D eigenvalue weighted by atomic mass is 10.1. The van der Waals surface area contributed by atoms with E-state index in [1.54, 1.807) is 42.5 Å². The number of nitrogens with one attached hydrogen (secondary N) is 1. The number of rotatable bonds is 6. The number of para-hydroxylation sites is 1. The average Bonchev–Trinajstić information content (AvgIpc) is 2.70. The highest BCUT2D eigenvalue weighted by Gasteiger charge is 2.21. The van der Waals surface area contributed by atoms with Crippen LogP contribution in [0.3, 0.4) is 0 Å². The zero-order valence-electron chi connectivity index (χ0n) is 16.4. The molecule has 0 aliphatic heterocycles. The van der Waals surface area contributed by atoms with Crippen LogP contribution in [-0.4, -0.2) is 20.6 Å². The fraction of sp³-hybridized carbons (Fsp3) is 0.136. The maximum atomic E-state index is 12.5. The molecule has 0 spiro atoms. The van der Waals surface area contributed by atoms with Gasteiger partial charge in [-0.05, 0) is 48.4 Å². The second kappa shape index (κ2) is 9.08. The molecule has 30 heavy (non-hydrogen) atoms. The van der Waals surface area contributed by atoms with Gasteiger partial charge < -0.3 is 5.32 Å². The number of sulfonamides is 1. The third-order valence-corrected chi connectivity index (χ3v) is 6.47. The lowest BCUT2D eigenvalue weighted by Crippen LogP contribution is -2.29. The molecule has 0 aliphatic rings. The number of hydrogen-bond donors (Lipinski definition) is 1. The highest BCUT2D eigenvalue weighted by atomic mass is 35.5. The SMILES string of the molecule is Cc1ccccc1NC(=O)c1ccc(CN(c2cccc(Cl)c2Cl)S(C)(=O)=O)cc1. The van der Waals surface area contributed by atoms with Crippen molar-refractivity contribution in [3.8, 4) is 0 Å². The summed E-state index contributed by atoms with van der Waals surface area (Å²) in [5.74, 6) is -0.242. The molecule has 3 rings (SSSR count). The summed E-state index contributed by atoms with van der Waals surface area (Å²) in [5.41, 5.74) is 3.17. The van der Waals surface area contributed by atoms with Crippen molar-refractivity contribution in [2.45, 2.75) is 13.5 Å². The molecule has 156 valence electrons. The van der Waals surface area contributed by atoms with E-state index in [1.807, 2.05) is 31.2 Å². The van der Waals surface area contributed by atoms with Crippen LogP contribution >= 0.6 is 23.2 Å². The van der Waals surface area contributed by atoms with Gasteiger partial charge in [0.2, 0.25) is 10.0 Å². The summed E-state index contributed by atoms with van der Waals surface area (Å²) in [6, 6.07) is 19.1. The third kappa shape index (κ3) is 5.14. The number of benzene rings is 3. The Kier molecular flexibility index (Phi) is 6.71. The lowest BCUT2D eigenvalue weighted by Gasteiger charge is -2.24. The highest BCUT2D eigenvalue weighted by molar-refractivity contribution is 7.92. The number of halogens is 2. The molecule has 5 nitrogen and oxygen atoms in total. The van der Waals surface area contributed by atoms with Crippen LogP contribution in [0.2, 0.25) is 10.0 Å². The van der Waals surface area contributed by atoms with Crippen molar-refractivity contribution < 1.29 is 13.2 Å². The third-order valence-electron chi connectivity index (χ3n) is 4.54. The Balaban J connectivity index is 1.82. The fourth-order valence-electron chi connectivity index (χ4n) is 2.90. The molecule has 0 saturated carbocycles. The van der Waals surface area contributed by atoms with Gasteiger partial charge in [-0.3, -0.25) is 9.10 Å². The van der Waals surface area contributed by atoms with E-state index in [2.05, 4.69) is 5.32 Å². The quantitative estimate of drug-likeness (QED) is 0.524. The Bertz CT molecular complexity index is 1180. The summed E-state index contributed by atoms with van der Waals surface area (Å²) in [6.45, 7) is 1.97. The Morgan fingerprint density at radius 3 is 2.27 bits per heavy atom. The standard InChI is InChI=1S/C22H20Cl2N2O3S/c1-15-6-3-4-8-19(15)25-22(27)17-12-10-16(11-13-17)14-26(30(2,28)29)20-9-5-7-18(23)21(20)24/h3-13H,14H2,1-2H3,(H,25,27). The second-order valence-electron chi connectivity index (χ2n) is 6.81. The molecule has 0 bridgehead atoms. The van der Waals surface area contributed by atoms with Gasteiger partial charge in [0.1, 0.15) is 0 Å². The van der Waals surface area contributed by atoms with E-state index in [9.17, 15) is 13.2 Å². The first-order chi connectivity index (χ1) is 14.2. The molecule has 0 fully saturated rings. The summed E-state index contributed by atoms with van der Waals surface area (Å²) in [7, 11) is -3.62. The summed E-state index contributed by atoms with van der Waals surface area (Å²) in [5, 5.41) is 3.31. The van der Waals surface area contributed by atoms with E-state index in [4.69, 9.17) is 23.2 Å². The van der Waals surface area contributed by atoms with Gasteiger partial charge in [-0.2, -0.15) is 0 Å². The minimum atomic E-state index is -3.62. The first kappa shape index (κ1) is 22.2. The van der Waals surface area contributed by atoms with Crippen LogP contribution in [0.15, 0.2) is 66.7 Å². The second-order valence-corrected chi connectivity index (χ2v) is 9.50. The predicted molar refractivity (Wildman–Crippen MR) is 123 cm³/mol. The summed E-state index contributed by atoms with van der Waals surface area (Å²) in [4.78, 5) is 12.5. The van der Waals surface area contributed by atoms with Gasteiger partial charge in [-0.1, -0.05) is 59.6 Å². The van der Waals surface area contributed by atoms with Gasteiger partial charge in [0.25, 0.3) is 5.91 Å². The van der Waals surface area contributed by atoms with Crippen LogP contribution in [0.1, 0.15) is 21.5 Å². The number of aryl methyl sites for hydroxylation is 1. The molecule has 0 atom stereocenters. The number of carbonyl (C=O) groups excluding carboxylic acids is 1. The maximum absolute atomic E-state index is 12.5. The number of anilines is 2. The summed E-state index contributed by atoms with van der Waals surface area (Å²) >= 11 is 12.3. The zero-order chi connectivity index (χ0) is 21.9. The lowest BCUT2D eigenvalue weighted by molar-refractivity contribution is 0.102. The number of nitrogens with zero attached hydrogens (tertiary/aromatic N) is 1. The molecule has 3 aromatic rings. The van der Waals surface area contributed by atoms with Gasteiger partial charge in [0, 0.05) is 11.3 Å². The van der Waals surface area contributed by atoms with Crippen molar-refractivity contribution in [3.63, 3.8) is 0 Å². The van der Waals surface area contributed by atoms with Crippen LogP contribution in [0.4, 0.5) is 11.4 Å². The molecular formula is C22H20Cl2N2O3S. The number of amides is 1. The summed E-state index contributed by atoms with van der Waals surface area (Å²) in [6.07, 6.45) is 1.11. The van der Waals surface area contributed by atoms with Gasteiger partial charge >= 0.3 is 0 Å². The van der Waals surface area contributed by atoms with Crippen LogP contribution in [0, 0.1) is 6.92 Å². The van der Waals surface area contributed by atoms with E-state index in [0.717, 1.165) is 17.5 Å². The van der Waals surface area contributed by atoms with Crippen molar-refractivity contribution in [3.05, 3.63) is 93.5 Å². The summed E-state index contributed by atoms with van der Waals surface area (Å²) < 4.78 is 25.9. The van der Waals surface area contributed by atoms with Crippen molar-refractivity contribution in [2.75, 3.05) is 15.9 Å². The van der Waals surface area contributed by atoms with E-state index in [-0.39, 0.29) is 22.5 Å². The largest absolute Gasteiger partial charge is 0.322 e. The maximum Gasteiger partial charge on any atom is 0.255 e. The molecule has 0 saturated heterocycles. The van der Waals surface area contributed by atoms with Crippen LogP contribution in [-0.2, 0) is 16.6 Å². The van der Waals surface area contributed by atoms with E-state index < -0.39 is 10.0 Å². The first-order valence-electron chi connectivity index (χ1n) is 9.04. The normalized spacial score (nSPS) is 11.2. The predicted octanol–water partition coefficient (Wildman–Crippen LogP) is 5.52. The zero-order valence-corrected chi connectivity index (χ0v) is 18.7. The monoisotopic (exact) mass is 462 g/mol. The van der Waals surface area contributed by atoms with Crippen molar-refractivity contribution in [1.82, 2.24) is 0 Å². The fourth-order valence-corrected chi connectivity index (χ4v) is 4.24. The highest BCUT2D eigenvalue weighted by Crippen LogP contribution is 2.34. The van der Waals surface area contributed by atoms with Crippen LogP contribution in [0.5, 0.6) is 0 Å². The molecule has 1 amide bonds. The smallest absolute Gasteiger partial charge is 0.255 e. The minimum Gasteiger partial charge on any atom is -0.322 e. The van der Waals surface area contributed by atoms with Gasteiger partial charge in [-0.25, -0.2) is 8.42 Å². The van der Waals surface area contributed by atoms with Crippen molar-refractivity contribution >= 4 is 50.5 Å². The first-order valence-corrected chi connectivity index (χ1v) is 11.6. The Labute approximate surface area is 186 Å². The van der Waals surface area contributed by atoms with Crippen LogP contribution < -0.4 is 9.62 Å². The van der Waals surface area contributed by atoms with Gasteiger partial charge in [-0.15, -0.1) is 0 Å². The topological polar surface area (TPSA) is 66.5 Å². The van der Waals surface area contributed by atoms with Crippen LogP contribution in [0.25, 0.3) is 0 Å². The molecule has 0 unspecified atom stereocenters. The Hall–Kier alpha value is -2.54. The molecular weight excluding hydrogens is 443 g/mol. The molecule has 0 aromatic heterocycles. The Morgan fingerprint density at radius 1 is 0.967 bits per heavy atom. The molecule has 0 aliphatic carbocycles. The van der Waals surface area contributed by atoms with E-state index in [0.29, 0.717) is 16.8 Å². The van der Waals surface area contributed by atoms with E-state index in [1.165, 1.54) is 4.31 Å². The van der Waals surface area contributed by atoms with E-state index >= 15 is 0 Å². The number of carbonyl (C=O) groups is 1. The van der Waals surface area contributed by atoms with Gasteiger partial charge in [0.05, 0.1) is 28.5 Å². The molecule has 3 aromatic carbocycles. The molecule has 8 heteroatoms. The molecule has 0 radical (unpaired) electrons. The Morgan fingerprint density at radius 2 is 1.63 bits per heavy atom. The van der Waals surface area contributed by atoms with Crippen molar-refractivity contribution in [2.24, 2.45) is 0 Å². The minimum absolute atomic E-state index is 0.0542. The molecule has 1 N–H and O–H groups in total. The molecule has 0 heterocycles. The average molecular weight is 463 g/mol. The van der Waals surface area contributed by atoms with Crippen molar-refractivity contribution in [1.29, 1.82) is 0 Å². The number of hydrogen-bond acceptors (Lipinski definition) is 3.